The molecule has 1 atom stereocenters. The van der Waals surface area contributed by atoms with Gasteiger partial charge in [-0.1, -0.05) is 30.3 Å². The first-order valence-electron chi connectivity index (χ1n) is 6.24. The molecule has 0 N–H and O–H groups in total. The van der Waals surface area contributed by atoms with Gasteiger partial charge in [0.2, 0.25) is 0 Å². The molecule has 100 valence electrons. The molecule has 5 nitrogen and oxygen atoms in total. The lowest BCUT2D eigenvalue weighted by Gasteiger charge is -2.10. The molecule has 0 saturated heterocycles. The van der Waals surface area contributed by atoms with Crippen LogP contribution in [-0.4, -0.2) is 15.3 Å². The lowest BCUT2D eigenvalue weighted by Crippen LogP contribution is -2.25. The van der Waals surface area contributed by atoms with E-state index in [1.807, 2.05) is 6.07 Å². The summed E-state index contributed by atoms with van der Waals surface area (Å²) in [7, 11) is 0. The van der Waals surface area contributed by atoms with E-state index >= 15 is 0 Å². The molecule has 2 heterocycles. The van der Waals surface area contributed by atoms with Gasteiger partial charge in [0.15, 0.2) is 17.0 Å². The van der Waals surface area contributed by atoms with Crippen LogP contribution in [0.5, 0.6) is 0 Å². The van der Waals surface area contributed by atoms with Crippen molar-refractivity contribution in [1.82, 2.24) is 9.55 Å². The summed E-state index contributed by atoms with van der Waals surface area (Å²) in [6, 6.07) is 11.5. The highest BCUT2D eigenvalue weighted by Crippen LogP contribution is 2.18. The Hall–Kier alpha value is -2.69. The molecule has 3 aromatic rings. The molecule has 0 aliphatic carbocycles. The molecule has 5 heteroatoms. The number of hydrogen-bond acceptors (Lipinski definition) is 4. The number of fused-ring (bicyclic) bond motifs is 1. The van der Waals surface area contributed by atoms with Crippen molar-refractivity contribution in [1.29, 1.82) is 0 Å². The minimum atomic E-state index is -0.666. The molecule has 20 heavy (non-hydrogen) atoms. The van der Waals surface area contributed by atoms with Gasteiger partial charge in [-0.3, -0.25) is 4.79 Å². The maximum Gasteiger partial charge on any atom is 0.421 e. The van der Waals surface area contributed by atoms with Crippen LogP contribution in [0.1, 0.15) is 23.3 Å². The summed E-state index contributed by atoms with van der Waals surface area (Å²) in [5.74, 6) is -0.725. The molecule has 2 aromatic heterocycles. The number of hydrogen-bond donors (Lipinski definition) is 0. The van der Waals surface area contributed by atoms with Gasteiger partial charge < -0.3 is 4.42 Å². The van der Waals surface area contributed by atoms with E-state index in [2.05, 4.69) is 4.98 Å². The smallest absolute Gasteiger partial charge is 0.406 e. The largest absolute Gasteiger partial charge is 0.421 e. The Kier molecular flexibility index (Phi) is 2.95. The van der Waals surface area contributed by atoms with Gasteiger partial charge in [-0.25, -0.2) is 14.3 Å². The quantitative estimate of drug-likeness (QED) is 0.684. The highest BCUT2D eigenvalue weighted by atomic mass is 16.4. The molecular formula is C15H12N2O3. The zero-order chi connectivity index (χ0) is 14.1. The molecule has 0 aliphatic heterocycles. The summed E-state index contributed by atoms with van der Waals surface area (Å²) in [4.78, 5) is 28.4. The summed E-state index contributed by atoms with van der Waals surface area (Å²) in [5, 5.41) is 0. The van der Waals surface area contributed by atoms with Gasteiger partial charge in [-0.05, 0) is 19.1 Å². The second-order valence-corrected chi connectivity index (χ2v) is 4.47. The predicted octanol–water partition coefficient (Wildman–Crippen LogP) is 2.43. The van der Waals surface area contributed by atoms with Crippen LogP contribution in [-0.2, 0) is 0 Å². The minimum absolute atomic E-state index is 0.152. The Balaban J connectivity index is 2.09. The summed E-state index contributed by atoms with van der Waals surface area (Å²) >= 11 is 0. The van der Waals surface area contributed by atoms with E-state index < -0.39 is 11.8 Å². The molecule has 0 fully saturated rings. The van der Waals surface area contributed by atoms with Crippen molar-refractivity contribution in [3.8, 4) is 0 Å². The zero-order valence-corrected chi connectivity index (χ0v) is 10.8. The van der Waals surface area contributed by atoms with Crippen molar-refractivity contribution in [2.45, 2.75) is 13.0 Å². The van der Waals surface area contributed by atoms with Gasteiger partial charge in [0, 0.05) is 11.8 Å². The van der Waals surface area contributed by atoms with Crippen LogP contribution in [0.2, 0.25) is 0 Å². The van der Waals surface area contributed by atoms with Gasteiger partial charge in [-0.15, -0.1) is 0 Å². The Labute approximate surface area is 114 Å². The highest BCUT2D eigenvalue weighted by Gasteiger charge is 2.22. The summed E-state index contributed by atoms with van der Waals surface area (Å²) < 4.78 is 6.38. The fraction of sp³-hybridized carbons (Fsp3) is 0.133. The Bertz CT molecular complexity index is 818. The molecule has 0 bridgehead atoms. The van der Waals surface area contributed by atoms with Crippen LogP contribution in [0, 0.1) is 0 Å². The fourth-order valence-electron chi connectivity index (χ4n) is 2.17. The number of nitrogens with zero attached hydrogens (tertiary/aromatic N) is 2. The molecule has 0 aliphatic rings. The van der Waals surface area contributed by atoms with Crippen LogP contribution < -0.4 is 5.76 Å². The third kappa shape index (κ3) is 1.93. The van der Waals surface area contributed by atoms with Gasteiger partial charge in [-0.2, -0.15) is 0 Å². The minimum Gasteiger partial charge on any atom is -0.406 e. The van der Waals surface area contributed by atoms with Crippen LogP contribution in [0.25, 0.3) is 11.2 Å². The summed E-state index contributed by atoms with van der Waals surface area (Å²) in [6.07, 6.45) is 1.56. The van der Waals surface area contributed by atoms with E-state index in [1.165, 1.54) is 4.57 Å². The average Bonchev–Trinajstić information content (AvgIpc) is 2.82. The fourth-order valence-corrected chi connectivity index (χ4v) is 2.17. The van der Waals surface area contributed by atoms with Crippen molar-refractivity contribution < 1.29 is 9.21 Å². The third-order valence-electron chi connectivity index (χ3n) is 3.20. The lowest BCUT2D eigenvalue weighted by molar-refractivity contribution is 0.0932. The monoisotopic (exact) mass is 268 g/mol. The number of pyridine rings is 1. The number of carbonyl (C=O) groups excluding carboxylic acids is 1. The maximum absolute atomic E-state index is 12.4. The molecular weight excluding hydrogens is 256 g/mol. The second kappa shape index (κ2) is 4.77. The molecule has 0 amide bonds. The SMILES string of the molecule is CC(C(=O)c1ccccc1)n1c(=O)oc2cccnc21. The number of carbonyl (C=O) groups is 1. The average molecular weight is 268 g/mol. The second-order valence-electron chi connectivity index (χ2n) is 4.47. The van der Waals surface area contributed by atoms with E-state index in [4.69, 9.17) is 4.42 Å². The number of rotatable bonds is 3. The van der Waals surface area contributed by atoms with E-state index in [1.54, 1.807) is 49.5 Å². The normalized spacial score (nSPS) is 12.4. The van der Waals surface area contributed by atoms with Crippen molar-refractivity contribution >= 4 is 17.0 Å². The maximum atomic E-state index is 12.4. The Morgan fingerprint density at radius 3 is 2.70 bits per heavy atom. The van der Waals surface area contributed by atoms with Crippen molar-refractivity contribution in [2.75, 3.05) is 0 Å². The van der Waals surface area contributed by atoms with E-state index in [-0.39, 0.29) is 5.78 Å². The summed E-state index contributed by atoms with van der Waals surface area (Å²) in [5.41, 5.74) is 1.32. The van der Waals surface area contributed by atoms with E-state index in [0.29, 0.717) is 16.8 Å². The van der Waals surface area contributed by atoms with Crippen LogP contribution in [0.3, 0.4) is 0 Å². The first-order valence-corrected chi connectivity index (χ1v) is 6.24. The molecule has 0 saturated carbocycles. The molecule has 0 radical (unpaired) electrons. The highest BCUT2D eigenvalue weighted by molar-refractivity contribution is 5.99. The molecule has 1 unspecified atom stereocenters. The number of Topliss-reactive ketones (excluding diaryl/α,β-unsaturated/α-hetero) is 1. The van der Waals surface area contributed by atoms with E-state index in [9.17, 15) is 9.59 Å². The first-order chi connectivity index (χ1) is 9.68. The number of benzene rings is 1. The van der Waals surface area contributed by atoms with Crippen LogP contribution in [0.4, 0.5) is 0 Å². The predicted molar refractivity (Wildman–Crippen MR) is 73.8 cm³/mol. The van der Waals surface area contributed by atoms with Crippen molar-refractivity contribution in [3.05, 3.63) is 64.8 Å². The molecule has 0 spiro atoms. The van der Waals surface area contributed by atoms with E-state index in [0.717, 1.165) is 0 Å². The van der Waals surface area contributed by atoms with Crippen molar-refractivity contribution in [2.24, 2.45) is 0 Å². The number of ketones is 1. The van der Waals surface area contributed by atoms with Gasteiger partial charge in [0.05, 0.1) is 0 Å². The Morgan fingerprint density at radius 2 is 1.95 bits per heavy atom. The summed E-state index contributed by atoms with van der Waals surface area (Å²) in [6.45, 7) is 1.67. The third-order valence-corrected chi connectivity index (χ3v) is 3.20. The topological polar surface area (TPSA) is 65.1 Å². The van der Waals surface area contributed by atoms with Crippen molar-refractivity contribution in [3.63, 3.8) is 0 Å². The lowest BCUT2D eigenvalue weighted by atomic mass is 10.1. The zero-order valence-electron chi connectivity index (χ0n) is 10.8. The number of oxazole rings is 1. The van der Waals surface area contributed by atoms with Gasteiger partial charge >= 0.3 is 5.76 Å². The first kappa shape index (κ1) is 12.3. The number of aromatic nitrogens is 2. The standard InChI is InChI=1S/C15H12N2O3/c1-10(13(18)11-6-3-2-4-7-11)17-14-12(20-15(17)19)8-5-9-16-14/h2-10H,1H3. The van der Waals surface area contributed by atoms with Gasteiger partial charge in [0.1, 0.15) is 6.04 Å². The van der Waals surface area contributed by atoms with Gasteiger partial charge in [0.25, 0.3) is 0 Å². The molecule has 3 rings (SSSR count). The van der Waals surface area contributed by atoms with Crippen LogP contribution >= 0.6 is 0 Å². The Morgan fingerprint density at radius 1 is 1.20 bits per heavy atom. The van der Waals surface area contributed by atoms with Crippen LogP contribution in [0.15, 0.2) is 57.9 Å². The molecule has 1 aromatic carbocycles.